The maximum absolute atomic E-state index is 10.6. The Morgan fingerprint density at radius 2 is 1.29 bits per heavy atom. The molecule has 2 nitrogen and oxygen atoms in total. The maximum atomic E-state index is 10.6. The maximum Gasteiger partial charge on any atom is 0.0812 e. The van der Waals surface area contributed by atoms with E-state index in [0.29, 0.717) is 11.4 Å². The average Bonchev–Trinajstić information content (AvgIpc) is 2.64. The van der Waals surface area contributed by atoms with Crippen molar-refractivity contribution in [1.29, 1.82) is 0 Å². The molecule has 0 heterocycles. The number of hydrogen-bond donors (Lipinski definition) is 2. The second-order valence-electron chi connectivity index (χ2n) is 5.78. The van der Waals surface area contributed by atoms with Gasteiger partial charge in [-0.05, 0) is 35.4 Å². The number of aliphatic hydroxyl groups excluding tert-OH is 1. The van der Waals surface area contributed by atoms with Crippen molar-refractivity contribution in [2.75, 3.05) is 5.32 Å². The first-order valence-electron chi connectivity index (χ1n) is 8.02. The van der Waals surface area contributed by atoms with Crippen molar-refractivity contribution in [1.82, 2.24) is 0 Å². The summed E-state index contributed by atoms with van der Waals surface area (Å²) in [5, 5.41) is 14.8. The van der Waals surface area contributed by atoms with Gasteiger partial charge in [0.05, 0.1) is 12.1 Å². The molecule has 2 atom stereocenters. The van der Waals surface area contributed by atoms with Gasteiger partial charge in [-0.25, -0.2) is 0 Å². The molecule has 2 N–H and O–H groups in total. The van der Waals surface area contributed by atoms with Gasteiger partial charge in [0.25, 0.3) is 0 Å². The van der Waals surface area contributed by atoms with Crippen molar-refractivity contribution < 1.29 is 5.11 Å². The standard InChI is InChI=1S/C21H20ClNO/c22-18-11-13-19(14-12-18)23-20(16-7-3-1-4-8-16)15-21(24)17-9-5-2-6-10-17/h1-14,20-21,23-24H,15H2/t20-,21+/m0/s1. The number of benzene rings is 3. The van der Waals surface area contributed by atoms with E-state index in [9.17, 15) is 5.11 Å². The molecule has 3 rings (SSSR count). The lowest BCUT2D eigenvalue weighted by molar-refractivity contribution is 0.160. The first kappa shape index (κ1) is 16.6. The molecular weight excluding hydrogens is 318 g/mol. The van der Waals surface area contributed by atoms with Crippen LogP contribution >= 0.6 is 11.6 Å². The monoisotopic (exact) mass is 337 g/mol. The molecule has 3 aromatic carbocycles. The quantitative estimate of drug-likeness (QED) is 0.612. The Morgan fingerprint density at radius 3 is 1.88 bits per heavy atom. The summed E-state index contributed by atoms with van der Waals surface area (Å²) in [6.45, 7) is 0. The largest absolute Gasteiger partial charge is 0.388 e. The minimum atomic E-state index is -0.531. The zero-order chi connectivity index (χ0) is 16.8. The van der Waals surface area contributed by atoms with Crippen LogP contribution in [0.15, 0.2) is 84.9 Å². The van der Waals surface area contributed by atoms with Crippen LogP contribution in [0.4, 0.5) is 5.69 Å². The Balaban J connectivity index is 1.81. The van der Waals surface area contributed by atoms with Crippen molar-refractivity contribution >= 4 is 17.3 Å². The Hall–Kier alpha value is -2.29. The summed E-state index contributed by atoms with van der Waals surface area (Å²) in [5.41, 5.74) is 3.05. The number of halogens is 1. The third-order valence-electron chi connectivity index (χ3n) is 4.03. The van der Waals surface area contributed by atoms with Crippen LogP contribution in [0.25, 0.3) is 0 Å². The zero-order valence-corrected chi connectivity index (χ0v) is 14.0. The summed E-state index contributed by atoms with van der Waals surface area (Å²) in [7, 11) is 0. The lowest BCUT2D eigenvalue weighted by Crippen LogP contribution is -2.14. The Kier molecular flexibility index (Phi) is 5.52. The van der Waals surface area contributed by atoms with Crippen molar-refractivity contribution in [2.24, 2.45) is 0 Å². The van der Waals surface area contributed by atoms with Crippen molar-refractivity contribution in [3.05, 3.63) is 101 Å². The van der Waals surface area contributed by atoms with E-state index in [0.717, 1.165) is 16.8 Å². The SMILES string of the molecule is O[C@H](C[C@H](Nc1ccc(Cl)cc1)c1ccccc1)c1ccccc1. The van der Waals surface area contributed by atoms with Crippen LogP contribution in [-0.2, 0) is 0 Å². The summed E-state index contributed by atoms with van der Waals surface area (Å²) in [5.74, 6) is 0. The second-order valence-corrected chi connectivity index (χ2v) is 6.21. The third kappa shape index (κ3) is 4.38. The smallest absolute Gasteiger partial charge is 0.0812 e. The number of aliphatic hydroxyl groups is 1. The van der Waals surface area contributed by atoms with Crippen LogP contribution in [0.2, 0.25) is 5.02 Å². The molecule has 3 heteroatoms. The number of rotatable bonds is 6. The fourth-order valence-electron chi connectivity index (χ4n) is 2.75. The van der Waals surface area contributed by atoms with E-state index in [2.05, 4.69) is 17.4 Å². The van der Waals surface area contributed by atoms with Gasteiger partial charge in [0, 0.05) is 17.1 Å². The van der Waals surface area contributed by atoms with Gasteiger partial charge in [0.15, 0.2) is 0 Å². The molecule has 122 valence electrons. The minimum Gasteiger partial charge on any atom is -0.388 e. The molecule has 0 saturated carbocycles. The van der Waals surface area contributed by atoms with Crippen molar-refractivity contribution in [3.8, 4) is 0 Å². The molecule has 0 aliphatic rings. The molecule has 0 bridgehead atoms. The number of hydrogen-bond acceptors (Lipinski definition) is 2. The minimum absolute atomic E-state index is 0.00239. The lowest BCUT2D eigenvalue weighted by Gasteiger charge is -2.23. The molecule has 0 aliphatic carbocycles. The number of anilines is 1. The van der Waals surface area contributed by atoms with Crippen molar-refractivity contribution in [2.45, 2.75) is 18.6 Å². The molecule has 3 aromatic rings. The fourth-order valence-corrected chi connectivity index (χ4v) is 2.87. The summed E-state index contributed by atoms with van der Waals surface area (Å²) in [6.07, 6.45) is 0.0487. The second kappa shape index (κ2) is 8.00. The predicted octanol–water partition coefficient (Wildman–Crippen LogP) is 5.62. The molecule has 0 spiro atoms. The average molecular weight is 338 g/mol. The van der Waals surface area contributed by atoms with E-state index in [1.165, 1.54) is 0 Å². The predicted molar refractivity (Wildman–Crippen MR) is 100 cm³/mol. The molecule has 24 heavy (non-hydrogen) atoms. The van der Waals surface area contributed by atoms with E-state index < -0.39 is 6.10 Å². The van der Waals surface area contributed by atoms with Gasteiger partial charge in [-0.2, -0.15) is 0 Å². The molecular formula is C21H20ClNO. The molecule has 0 aliphatic heterocycles. The molecule has 0 unspecified atom stereocenters. The van der Waals surface area contributed by atoms with E-state index in [-0.39, 0.29) is 6.04 Å². The van der Waals surface area contributed by atoms with Gasteiger partial charge in [0.1, 0.15) is 0 Å². The van der Waals surface area contributed by atoms with Gasteiger partial charge >= 0.3 is 0 Å². The van der Waals surface area contributed by atoms with Crippen LogP contribution in [0.1, 0.15) is 29.7 Å². The van der Waals surface area contributed by atoms with Gasteiger partial charge in [-0.15, -0.1) is 0 Å². The number of nitrogens with one attached hydrogen (secondary N) is 1. The van der Waals surface area contributed by atoms with Crippen LogP contribution in [-0.4, -0.2) is 5.11 Å². The Bertz CT molecular complexity index is 744. The van der Waals surface area contributed by atoms with Crippen LogP contribution < -0.4 is 5.32 Å². The van der Waals surface area contributed by atoms with Crippen LogP contribution in [0.3, 0.4) is 0 Å². The molecule has 0 saturated heterocycles. The van der Waals surface area contributed by atoms with E-state index in [1.54, 1.807) is 0 Å². The molecule has 0 radical (unpaired) electrons. The third-order valence-corrected chi connectivity index (χ3v) is 4.28. The van der Waals surface area contributed by atoms with Gasteiger partial charge in [0.2, 0.25) is 0 Å². The summed E-state index contributed by atoms with van der Waals surface area (Å²) in [6, 6.07) is 27.6. The first-order valence-corrected chi connectivity index (χ1v) is 8.40. The summed E-state index contributed by atoms with van der Waals surface area (Å²) in [4.78, 5) is 0. The fraction of sp³-hybridized carbons (Fsp3) is 0.143. The van der Waals surface area contributed by atoms with Gasteiger partial charge in [-0.1, -0.05) is 72.3 Å². The summed E-state index contributed by atoms with van der Waals surface area (Å²) < 4.78 is 0. The lowest BCUT2D eigenvalue weighted by atomic mass is 9.96. The Morgan fingerprint density at radius 1 is 0.750 bits per heavy atom. The highest BCUT2D eigenvalue weighted by Gasteiger charge is 2.17. The topological polar surface area (TPSA) is 32.3 Å². The highest BCUT2D eigenvalue weighted by Crippen LogP contribution is 2.30. The van der Waals surface area contributed by atoms with E-state index in [4.69, 9.17) is 11.6 Å². The molecule has 0 aromatic heterocycles. The molecule has 0 fully saturated rings. The van der Waals surface area contributed by atoms with E-state index in [1.807, 2.05) is 72.8 Å². The Labute approximate surface area is 147 Å². The van der Waals surface area contributed by atoms with E-state index >= 15 is 0 Å². The normalized spacial score (nSPS) is 13.2. The van der Waals surface area contributed by atoms with Gasteiger partial charge < -0.3 is 10.4 Å². The zero-order valence-electron chi connectivity index (χ0n) is 13.3. The highest BCUT2D eigenvalue weighted by atomic mass is 35.5. The van der Waals surface area contributed by atoms with Gasteiger partial charge in [-0.3, -0.25) is 0 Å². The highest BCUT2D eigenvalue weighted by molar-refractivity contribution is 6.30. The first-order chi connectivity index (χ1) is 11.7. The summed E-state index contributed by atoms with van der Waals surface area (Å²) >= 11 is 5.96. The van der Waals surface area contributed by atoms with Crippen LogP contribution in [0.5, 0.6) is 0 Å². The van der Waals surface area contributed by atoms with Crippen LogP contribution in [0, 0.1) is 0 Å². The van der Waals surface area contributed by atoms with Crippen molar-refractivity contribution in [3.63, 3.8) is 0 Å². The molecule has 0 amide bonds.